The largest absolute Gasteiger partial charge is 0.330 e. The van der Waals surface area contributed by atoms with E-state index in [0.717, 1.165) is 28.7 Å². The van der Waals surface area contributed by atoms with Crippen molar-refractivity contribution in [3.63, 3.8) is 0 Å². The van der Waals surface area contributed by atoms with Crippen LogP contribution in [0, 0.1) is 6.92 Å². The fourth-order valence-electron chi connectivity index (χ4n) is 1.61. The predicted molar refractivity (Wildman–Crippen MR) is 71.2 cm³/mol. The molecule has 2 rings (SSSR count). The molecule has 0 aliphatic carbocycles. The van der Waals surface area contributed by atoms with E-state index in [-0.39, 0.29) is 0 Å². The van der Waals surface area contributed by atoms with E-state index < -0.39 is 0 Å². The first kappa shape index (κ1) is 12.3. The van der Waals surface area contributed by atoms with Gasteiger partial charge in [-0.3, -0.25) is 0 Å². The van der Waals surface area contributed by atoms with Crippen LogP contribution in [0.4, 0.5) is 0 Å². The Morgan fingerprint density at radius 2 is 2.24 bits per heavy atom. The Balaban J connectivity index is 2.24. The summed E-state index contributed by atoms with van der Waals surface area (Å²) in [6.45, 7) is 2.74. The standard InChI is InChI=1S/C12H15BrN4/c1-9-4-5-12(11(13)7-9)17-8-10(15-16-17)3-2-6-14/h4-5,7-8H,2-3,6,14H2,1H3. The fourth-order valence-corrected chi connectivity index (χ4v) is 2.29. The summed E-state index contributed by atoms with van der Waals surface area (Å²) in [5.41, 5.74) is 8.66. The smallest absolute Gasteiger partial charge is 0.0832 e. The van der Waals surface area contributed by atoms with Crippen LogP contribution in [0.1, 0.15) is 17.7 Å². The van der Waals surface area contributed by atoms with Crippen molar-refractivity contribution in [3.8, 4) is 5.69 Å². The van der Waals surface area contributed by atoms with E-state index in [0.29, 0.717) is 6.54 Å². The van der Waals surface area contributed by atoms with Gasteiger partial charge in [-0.15, -0.1) is 5.10 Å². The Kier molecular flexibility index (Phi) is 3.91. The molecule has 4 nitrogen and oxygen atoms in total. The summed E-state index contributed by atoms with van der Waals surface area (Å²) in [6, 6.07) is 6.15. The molecule has 2 aromatic rings. The number of aryl methyl sites for hydroxylation is 2. The predicted octanol–water partition coefficient (Wildman–Crippen LogP) is 2.23. The zero-order valence-electron chi connectivity index (χ0n) is 9.73. The third-order valence-electron chi connectivity index (χ3n) is 2.53. The lowest BCUT2D eigenvalue weighted by molar-refractivity contribution is 0.777. The molecule has 1 aromatic heterocycles. The fraction of sp³-hybridized carbons (Fsp3) is 0.333. The lowest BCUT2D eigenvalue weighted by Gasteiger charge is -2.03. The van der Waals surface area contributed by atoms with Crippen LogP contribution in [0.3, 0.4) is 0 Å². The SMILES string of the molecule is Cc1ccc(-n2cc(CCCN)nn2)c(Br)c1. The van der Waals surface area contributed by atoms with Crippen LogP contribution in [0.5, 0.6) is 0 Å². The van der Waals surface area contributed by atoms with Crippen LogP contribution in [0.15, 0.2) is 28.9 Å². The first-order valence-corrected chi connectivity index (χ1v) is 6.38. The lowest BCUT2D eigenvalue weighted by Crippen LogP contribution is -2.00. The third-order valence-corrected chi connectivity index (χ3v) is 3.16. The molecule has 2 N–H and O–H groups in total. The van der Waals surface area contributed by atoms with E-state index in [2.05, 4.69) is 45.3 Å². The second-order valence-corrected chi connectivity index (χ2v) is 4.86. The number of halogens is 1. The highest BCUT2D eigenvalue weighted by molar-refractivity contribution is 9.10. The van der Waals surface area contributed by atoms with Gasteiger partial charge in [0.05, 0.1) is 17.6 Å². The van der Waals surface area contributed by atoms with E-state index in [1.165, 1.54) is 5.56 Å². The minimum atomic E-state index is 0.682. The first-order chi connectivity index (χ1) is 8.20. The van der Waals surface area contributed by atoms with Crippen molar-refractivity contribution in [1.82, 2.24) is 15.0 Å². The molecule has 0 fully saturated rings. The van der Waals surface area contributed by atoms with Crippen LogP contribution in [-0.4, -0.2) is 21.5 Å². The second-order valence-electron chi connectivity index (χ2n) is 4.00. The van der Waals surface area contributed by atoms with Gasteiger partial charge < -0.3 is 5.73 Å². The van der Waals surface area contributed by atoms with Crippen molar-refractivity contribution in [3.05, 3.63) is 40.1 Å². The van der Waals surface area contributed by atoms with Crippen molar-refractivity contribution in [1.29, 1.82) is 0 Å². The monoisotopic (exact) mass is 294 g/mol. The van der Waals surface area contributed by atoms with Crippen LogP contribution in [0.2, 0.25) is 0 Å². The molecule has 0 radical (unpaired) electrons. The van der Waals surface area contributed by atoms with E-state index in [1.54, 1.807) is 4.68 Å². The Hall–Kier alpha value is -1.20. The Labute approximate surface area is 109 Å². The van der Waals surface area contributed by atoms with Crippen molar-refractivity contribution in [2.24, 2.45) is 5.73 Å². The molecule has 0 aliphatic heterocycles. The number of aromatic nitrogens is 3. The van der Waals surface area contributed by atoms with Gasteiger partial charge in [-0.25, -0.2) is 4.68 Å². The van der Waals surface area contributed by atoms with Crippen molar-refractivity contribution < 1.29 is 0 Å². The highest BCUT2D eigenvalue weighted by Gasteiger charge is 2.06. The molecule has 90 valence electrons. The summed E-state index contributed by atoms with van der Waals surface area (Å²) >= 11 is 3.54. The maximum absolute atomic E-state index is 5.47. The van der Waals surface area contributed by atoms with Crippen molar-refractivity contribution in [2.75, 3.05) is 6.54 Å². The maximum Gasteiger partial charge on any atom is 0.0832 e. The van der Waals surface area contributed by atoms with E-state index in [9.17, 15) is 0 Å². The van der Waals surface area contributed by atoms with Gasteiger partial charge in [0, 0.05) is 4.47 Å². The third kappa shape index (κ3) is 2.92. The molecule has 0 unspecified atom stereocenters. The Bertz CT molecular complexity index is 507. The average molecular weight is 295 g/mol. The van der Waals surface area contributed by atoms with Crippen LogP contribution in [-0.2, 0) is 6.42 Å². The molecule has 0 spiro atoms. The van der Waals surface area contributed by atoms with Gasteiger partial charge >= 0.3 is 0 Å². The van der Waals surface area contributed by atoms with Gasteiger partial charge in [0.1, 0.15) is 0 Å². The zero-order chi connectivity index (χ0) is 12.3. The maximum atomic E-state index is 5.47. The second kappa shape index (κ2) is 5.42. The average Bonchev–Trinajstić information content (AvgIpc) is 2.75. The molecule has 1 heterocycles. The number of nitrogens with zero attached hydrogens (tertiary/aromatic N) is 3. The quantitative estimate of drug-likeness (QED) is 0.941. The molecule has 17 heavy (non-hydrogen) atoms. The zero-order valence-corrected chi connectivity index (χ0v) is 11.3. The van der Waals surface area contributed by atoms with E-state index in [1.807, 2.05) is 12.3 Å². The first-order valence-electron chi connectivity index (χ1n) is 5.58. The van der Waals surface area contributed by atoms with Crippen LogP contribution in [0.25, 0.3) is 5.69 Å². The normalized spacial score (nSPS) is 10.8. The number of rotatable bonds is 4. The lowest BCUT2D eigenvalue weighted by atomic mass is 10.2. The van der Waals surface area contributed by atoms with Gasteiger partial charge in [0.25, 0.3) is 0 Å². The summed E-state index contributed by atoms with van der Waals surface area (Å²) < 4.78 is 2.81. The summed E-state index contributed by atoms with van der Waals surface area (Å²) in [6.07, 6.45) is 3.76. The number of nitrogens with two attached hydrogens (primary N) is 1. The molecule has 0 aliphatic rings. The van der Waals surface area contributed by atoms with Gasteiger partial charge in [-0.05, 0) is 59.9 Å². The van der Waals surface area contributed by atoms with Crippen molar-refractivity contribution >= 4 is 15.9 Å². The molecule has 0 saturated heterocycles. The van der Waals surface area contributed by atoms with Crippen LogP contribution < -0.4 is 5.73 Å². The topological polar surface area (TPSA) is 56.7 Å². The number of hydrogen-bond acceptors (Lipinski definition) is 3. The van der Waals surface area contributed by atoms with Gasteiger partial charge in [0.2, 0.25) is 0 Å². The van der Waals surface area contributed by atoms with E-state index >= 15 is 0 Å². The minimum absolute atomic E-state index is 0.682. The molecular formula is C12H15BrN4. The molecule has 0 bridgehead atoms. The Morgan fingerprint density at radius 1 is 1.41 bits per heavy atom. The number of benzene rings is 1. The molecule has 1 aromatic carbocycles. The number of hydrogen-bond donors (Lipinski definition) is 1. The molecular weight excluding hydrogens is 280 g/mol. The highest BCUT2D eigenvalue weighted by atomic mass is 79.9. The Morgan fingerprint density at radius 3 is 2.94 bits per heavy atom. The van der Waals surface area contributed by atoms with Gasteiger partial charge in [-0.2, -0.15) is 0 Å². The molecule has 0 amide bonds. The molecule has 0 atom stereocenters. The molecule has 5 heteroatoms. The van der Waals surface area contributed by atoms with Gasteiger partial charge in [-0.1, -0.05) is 11.3 Å². The summed E-state index contributed by atoms with van der Waals surface area (Å²) in [5, 5.41) is 8.26. The van der Waals surface area contributed by atoms with Gasteiger partial charge in [0.15, 0.2) is 0 Å². The molecule has 0 saturated carbocycles. The highest BCUT2D eigenvalue weighted by Crippen LogP contribution is 2.21. The minimum Gasteiger partial charge on any atom is -0.330 e. The summed E-state index contributed by atoms with van der Waals surface area (Å²) in [4.78, 5) is 0. The summed E-state index contributed by atoms with van der Waals surface area (Å²) in [7, 11) is 0. The summed E-state index contributed by atoms with van der Waals surface area (Å²) in [5.74, 6) is 0. The van der Waals surface area contributed by atoms with E-state index in [4.69, 9.17) is 5.73 Å². The van der Waals surface area contributed by atoms with Crippen molar-refractivity contribution in [2.45, 2.75) is 19.8 Å². The van der Waals surface area contributed by atoms with Crippen LogP contribution >= 0.6 is 15.9 Å².